The van der Waals surface area contributed by atoms with E-state index in [-0.39, 0.29) is 23.9 Å². The maximum absolute atomic E-state index is 13.0. The van der Waals surface area contributed by atoms with Crippen LogP contribution in [0.2, 0.25) is 0 Å². The molecule has 158 valence electrons. The van der Waals surface area contributed by atoms with Crippen molar-refractivity contribution in [1.29, 1.82) is 0 Å². The number of amides is 1. The van der Waals surface area contributed by atoms with Gasteiger partial charge < -0.3 is 14.6 Å². The molecule has 2 aromatic heterocycles. The topological polar surface area (TPSA) is 82.2 Å². The largest absolute Gasteiger partial charge is 0.489 e. The van der Waals surface area contributed by atoms with Crippen LogP contribution >= 0.6 is 0 Å². The van der Waals surface area contributed by atoms with Crippen LogP contribution in [0.4, 0.5) is 14.6 Å². The van der Waals surface area contributed by atoms with E-state index in [1.165, 1.54) is 36.4 Å². The van der Waals surface area contributed by atoms with Gasteiger partial charge in [0.15, 0.2) is 11.5 Å². The van der Waals surface area contributed by atoms with Gasteiger partial charge in [-0.3, -0.25) is 9.48 Å². The maximum Gasteiger partial charge on any atom is 0.279 e. The molecule has 0 aliphatic rings. The van der Waals surface area contributed by atoms with Crippen molar-refractivity contribution < 1.29 is 22.8 Å². The van der Waals surface area contributed by atoms with Crippen molar-refractivity contribution in [2.45, 2.75) is 20.1 Å². The summed E-state index contributed by atoms with van der Waals surface area (Å²) in [6, 6.07) is 13.3. The summed E-state index contributed by atoms with van der Waals surface area (Å²) in [7, 11) is 0. The number of carbonyl (C=O) groups is 1. The molecule has 0 radical (unpaired) electrons. The van der Waals surface area contributed by atoms with Gasteiger partial charge in [-0.2, -0.15) is 5.10 Å². The van der Waals surface area contributed by atoms with Crippen LogP contribution in [0.1, 0.15) is 27.4 Å². The molecular weight excluding hydrogens is 406 g/mol. The first-order chi connectivity index (χ1) is 15.0. The molecule has 2 heterocycles. The lowest BCUT2D eigenvalue weighted by Gasteiger charge is -2.06. The molecule has 0 atom stereocenters. The lowest BCUT2D eigenvalue weighted by atomic mass is 10.2. The van der Waals surface area contributed by atoms with Crippen LogP contribution in [0.15, 0.2) is 65.3 Å². The number of anilines is 1. The molecule has 0 unspecified atom stereocenters. The zero-order chi connectivity index (χ0) is 21.8. The monoisotopic (exact) mass is 424 g/mol. The second kappa shape index (κ2) is 8.78. The molecule has 0 aliphatic heterocycles. The molecule has 4 rings (SSSR count). The van der Waals surface area contributed by atoms with Crippen molar-refractivity contribution in [3.05, 3.63) is 95.0 Å². The Kier molecular flexibility index (Phi) is 5.74. The van der Waals surface area contributed by atoms with Crippen molar-refractivity contribution in [3.63, 3.8) is 0 Å². The highest BCUT2D eigenvalue weighted by molar-refractivity contribution is 6.03. The van der Waals surface area contributed by atoms with E-state index in [1.54, 1.807) is 36.0 Å². The standard InChI is InChI=1S/C22H18F2N4O3/c1-14-19(13-30-18-8-6-17(24)7-9-18)21(27-31-14)22(29)25-20-10-11-28(26-20)12-15-2-4-16(23)5-3-15/h2-11H,12-13H2,1H3,(H,25,26,29). The molecule has 7 nitrogen and oxygen atoms in total. The van der Waals surface area contributed by atoms with Crippen molar-refractivity contribution in [3.8, 4) is 5.75 Å². The molecule has 9 heteroatoms. The average Bonchev–Trinajstić information content (AvgIpc) is 3.35. The molecule has 0 spiro atoms. The Morgan fingerprint density at radius 3 is 2.45 bits per heavy atom. The minimum atomic E-state index is -0.499. The van der Waals surface area contributed by atoms with Crippen LogP contribution in [-0.4, -0.2) is 20.8 Å². The predicted octanol–water partition coefficient (Wildman–Crippen LogP) is 4.34. The van der Waals surface area contributed by atoms with Crippen molar-refractivity contribution >= 4 is 11.7 Å². The van der Waals surface area contributed by atoms with Gasteiger partial charge in [-0.25, -0.2) is 8.78 Å². The van der Waals surface area contributed by atoms with Gasteiger partial charge in [0.25, 0.3) is 5.91 Å². The Balaban J connectivity index is 1.41. The number of hydrogen-bond acceptors (Lipinski definition) is 5. The summed E-state index contributed by atoms with van der Waals surface area (Å²) in [6.45, 7) is 2.13. The van der Waals surface area contributed by atoms with E-state index in [0.717, 1.165) is 5.56 Å². The van der Waals surface area contributed by atoms with Crippen LogP contribution in [0.25, 0.3) is 0 Å². The van der Waals surface area contributed by atoms with E-state index in [2.05, 4.69) is 15.6 Å². The highest BCUT2D eigenvalue weighted by Crippen LogP contribution is 2.19. The summed E-state index contributed by atoms with van der Waals surface area (Å²) < 4.78 is 38.4. The van der Waals surface area contributed by atoms with Crippen molar-refractivity contribution in [1.82, 2.24) is 14.9 Å². The fraction of sp³-hybridized carbons (Fsp3) is 0.136. The molecule has 31 heavy (non-hydrogen) atoms. The smallest absolute Gasteiger partial charge is 0.279 e. The summed E-state index contributed by atoms with van der Waals surface area (Å²) in [5.41, 5.74) is 1.43. The predicted molar refractivity (Wildman–Crippen MR) is 108 cm³/mol. The second-order valence-corrected chi connectivity index (χ2v) is 6.79. The zero-order valence-corrected chi connectivity index (χ0v) is 16.5. The van der Waals surface area contributed by atoms with Gasteiger partial charge in [0, 0.05) is 12.3 Å². The zero-order valence-electron chi connectivity index (χ0n) is 16.5. The Morgan fingerprint density at radius 1 is 1.06 bits per heavy atom. The number of carbonyl (C=O) groups excluding carboxylic acids is 1. The third-order valence-electron chi connectivity index (χ3n) is 4.54. The lowest BCUT2D eigenvalue weighted by molar-refractivity contribution is 0.101. The Hall–Kier alpha value is -4.01. The van der Waals surface area contributed by atoms with Crippen LogP contribution < -0.4 is 10.1 Å². The van der Waals surface area contributed by atoms with Gasteiger partial charge in [-0.05, 0) is 48.9 Å². The summed E-state index contributed by atoms with van der Waals surface area (Å²) >= 11 is 0. The van der Waals surface area contributed by atoms with E-state index in [0.29, 0.717) is 29.4 Å². The minimum absolute atomic E-state index is 0.0305. The Morgan fingerprint density at radius 2 is 1.74 bits per heavy atom. The number of benzene rings is 2. The molecule has 0 saturated heterocycles. The van der Waals surface area contributed by atoms with Crippen LogP contribution in [0.3, 0.4) is 0 Å². The Bertz CT molecular complexity index is 1180. The molecule has 0 fully saturated rings. The lowest BCUT2D eigenvalue weighted by Crippen LogP contribution is -2.16. The van der Waals surface area contributed by atoms with E-state index in [4.69, 9.17) is 9.26 Å². The first-order valence-electron chi connectivity index (χ1n) is 9.41. The first kappa shape index (κ1) is 20.3. The fourth-order valence-corrected chi connectivity index (χ4v) is 2.89. The third-order valence-corrected chi connectivity index (χ3v) is 4.54. The number of rotatable bonds is 7. The summed E-state index contributed by atoms with van der Waals surface area (Å²) in [5.74, 6) is 0.0495. The molecule has 4 aromatic rings. The third kappa shape index (κ3) is 4.95. The SMILES string of the molecule is Cc1onc(C(=O)Nc2ccn(Cc3ccc(F)cc3)n2)c1COc1ccc(F)cc1. The van der Waals surface area contributed by atoms with E-state index in [9.17, 15) is 13.6 Å². The first-order valence-corrected chi connectivity index (χ1v) is 9.41. The number of nitrogens with zero attached hydrogens (tertiary/aromatic N) is 3. The maximum atomic E-state index is 13.0. The van der Waals surface area contributed by atoms with Crippen LogP contribution in [0, 0.1) is 18.6 Å². The second-order valence-electron chi connectivity index (χ2n) is 6.79. The molecule has 1 N–H and O–H groups in total. The number of aryl methyl sites for hydroxylation is 1. The van der Waals surface area contributed by atoms with Gasteiger partial charge in [0.1, 0.15) is 29.8 Å². The van der Waals surface area contributed by atoms with Crippen molar-refractivity contribution in [2.24, 2.45) is 0 Å². The van der Waals surface area contributed by atoms with E-state index >= 15 is 0 Å². The molecule has 0 aliphatic carbocycles. The van der Waals surface area contributed by atoms with Crippen molar-refractivity contribution in [2.75, 3.05) is 5.32 Å². The van der Waals surface area contributed by atoms with Gasteiger partial charge in [-0.15, -0.1) is 0 Å². The normalized spacial score (nSPS) is 10.8. The Labute approximate surface area is 176 Å². The minimum Gasteiger partial charge on any atom is -0.489 e. The summed E-state index contributed by atoms with van der Waals surface area (Å²) in [6.07, 6.45) is 1.70. The number of halogens is 2. The van der Waals surface area contributed by atoms with Gasteiger partial charge in [-0.1, -0.05) is 17.3 Å². The highest BCUT2D eigenvalue weighted by Gasteiger charge is 2.21. The summed E-state index contributed by atoms with van der Waals surface area (Å²) in [4.78, 5) is 12.7. The number of hydrogen-bond donors (Lipinski definition) is 1. The van der Waals surface area contributed by atoms with Crippen LogP contribution in [-0.2, 0) is 13.2 Å². The number of ether oxygens (including phenoxy) is 1. The molecule has 0 saturated carbocycles. The number of nitrogens with one attached hydrogen (secondary N) is 1. The van der Waals surface area contributed by atoms with Gasteiger partial charge >= 0.3 is 0 Å². The molecule has 1 amide bonds. The quantitative estimate of drug-likeness (QED) is 0.477. The van der Waals surface area contributed by atoms with Gasteiger partial charge in [0.05, 0.1) is 12.1 Å². The highest BCUT2D eigenvalue weighted by atomic mass is 19.1. The van der Waals surface area contributed by atoms with Crippen LogP contribution in [0.5, 0.6) is 5.75 Å². The average molecular weight is 424 g/mol. The van der Waals surface area contributed by atoms with Gasteiger partial charge in [0.2, 0.25) is 0 Å². The molecule has 2 aromatic carbocycles. The fourth-order valence-electron chi connectivity index (χ4n) is 2.89. The van der Waals surface area contributed by atoms with E-state index in [1.807, 2.05) is 0 Å². The number of aromatic nitrogens is 3. The van der Waals surface area contributed by atoms with E-state index < -0.39 is 5.91 Å². The molecular formula is C22H18F2N4O3. The summed E-state index contributed by atoms with van der Waals surface area (Å²) in [5, 5.41) is 10.8. The molecule has 0 bridgehead atoms.